The van der Waals surface area contributed by atoms with E-state index in [1.165, 1.54) is 52.4 Å². The first-order chi connectivity index (χ1) is 17.9. The molecule has 0 bridgehead atoms. The van der Waals surface area contributed by atoms with Crippen molar-refractivity contribution in [3.8, 4) is 0 Å². The molecule has 24 heteroatoms. The number of aliphatic imine (C=N–C) groups is 2. The molecule has 0 radical (unpaired) electrons. The molecule has 4 rings (SSSR count). The summed E-state index contributed by atoms with van der Waals surface area (Å²) in [6, 6.07) is 11.7. The van der Waals surface area contributed by atoms with Crippen molar-refractivity contribution >= 4 is 36.2 Å². The molecule has 0 saturated carbocycles. The van der Waals surface area contributed by atoms with Gasteiger partial charge < -0.3 is 105 Å². The van der Waals surface area contributed by atoms with Crippen molar-refractivity contribution in [3.63, 3.8) is 0 Å². The summed E-state index contributed by atoms with van der Waals surface area (Å²) in [4.78, 5) is 22.1. The van der Waals surface area contributed by atoms with Crippen LogP contribution in [0.4, 0.5) is 0 Å². The van der Waals surface area contributed by atoms with Crippen molar-refractivity contribution in [2.24, 2.45) is 9.98 Å². The number of quaternary nitrogens is 2. The second kappa shape index (κ2) is 64.1. The van der Waals surface area contributed by atoms with Gasteiger partial charge in [-0.1, -0.05) is 12.1 Å². The Morgan fingerprint density at radius 1 is 0.583 bits per heavy atom. The summed E-state index contributed by atoms with van der Waals surface area (Å²) in [6.45, 7) is 13.6. The fourth-order valence-corrected chi connectivity index (χ4v) is 3.67. The number of nitrogens with zero attached hydrogens (tertiary/aromatic N) is 6. The maximum absolute atomic E-state index is 5.22. The first-order valence-corrected chi connectivity index (χ1v) is 12.9. The van der Waals surface area contributed by atoms with Crippen molar-refractivity contribution in [2.75, 3.05) is 78.5 Å². The van der Waals surface area contributed by atoms with Gasteiger partial charge in [0, 0.05) is 142 Å². The third-order valence-corrected chi connectivity index (χ3v) is 5.51. The normalized spacial score (nSPS) is 12.2. The van der Waals surface area contributed by atoms with E-state index in [9.17, 15) is 0 Å². The van der Waals surface area contributed by atoms with Crippen molar-refractivity contribution < 1.29 is 183 Å². The smallest absolute Gasteiger partial charge is 0.300 e. The van der Waals surface area contributed by atoms with Crippen LogP contribution in [0, 0.1) is 0 Å². The maximum Gasteiger partial charge on any atom is 0.300 e. The minimum absolute atomic E-state index is 0. The topological polar surface area (TPSA) is 199 Å². The molecule has 2 aliphatic heterocycles. The van der Waals surface area contributed by atoms with Crippen LogP contribution in [0.1, 0.15) is 11.4 Å². The zero-order valence-corrected chi connectivity index (χ0v) is 44.9. The minimum Gasteiger partial charge on any atom is -1.00 e. The van der Waals surface area contributed by atoms with Crippen LogP contribution in [0.3, 0.4) is 0 Å². The summed E-state index contributed by atoms with van der Waals surface area (Å²) in [5, 5.41) is 4.74. The Kier molecular flexibility index (Phi) is 111. The number of pyridine rings is 2. The van der Waals surface area contributed by atoms with Crippen LogP contribution in [0.15, 0.2) is 58.8 Å². The van der Waals surface area contributed by atoms with Crippen LogP contribution in [-0.2, 0) is 77.9 Å². The van der Waals surface area contributed by atoms with Crippen LogP contribution in [0.5, 0.6) is 0 Å². The first-order valence-electron chi connectivity index (χ1n) is 12.2. The van der Waals surface area contributed by atoms with Crippen LogP contribution in [0.25, 0.3) is 0 Å². The van der Waals surface area contributed by atoms with Gasteiger partial charge in [0.2, 0.25) is 0 Å². The SMILES string of the molecule is C(=NCCN1CC[NH2+]CC1)c1ccccn1.C(=NCCN1CC[NH2+]CC1)c1ccccn1.O.O.[Cl-].[Cl-].[Cl-].[Cl-].[Cl-].[Cl-].[OH2+]Cl.[OH2+]Cl.[Zn].[Zn].[Zn].[Zn]. The molecule has 2 saturated heterocycles. The monoisotopic (exact) mass is 1050 g/mol. The molecular weight excluding hydrogens is 1010 g/mol. The molecule has 2 aromatic rings. The van der Waals surface area contributed by atoms with Gasteiger partial charge in [0.25, 0.3) is 23.7 Å². The number of hydrogen-bond acceptors (Lipinski definition) is 6. The van der Waals surface area contributed by atoms with Gasteiger partial charge in [-0.25, -0.2) is 0 Å². The van der Waals surface area contributed by atoms with E-state index in [0.717, 1.165) is 37.6 Å². The zero-order valence-electron chi connectivity index (χ0n) is 26.9. The van der Waals surface area contributed by atoms with Crippen molar-refractivity contribution in [2.45, 2.75) is 0 Å². The molecule has 272 valence electrons. The van der Waals surface area contributed by atoms with Gasteiger partial charge in [0.05, 0.1) is 50.7 Å². The summed E-state index contributed by atoms with van der Waals surface area (Å²) in [5.74, 6) is 0. The molecule has 2 aromatic heterocycles. The summed E-state index contributed by atoms with van der Waals surface area (Å²) >= 11 is 7.78. The number of halogens is 8. The van der Waals surface area contributed by atoms with E-state index >= 15 is 0 Å². The van der Waals surface area contributed by atoms with E-state index in [4.69, 9.17) is 9.32 Å². The summed E-state index contributed by atoms with van der Waals surface area (Å²) in [5.41, 5.74) is 1.88. The Morgan fingerprint density at radius 2 is 0.875 bits per heavy atom. The van der Waals surface area contributed by atoms with Gasteiger partial charge in [0.15, 0.2) is 0 Å². The van der Waals surface area contributed by atoms with E-state index in [2.05, 4.69) is 64.1 Å². The van der Waals surface area contributed by atoms with E-state index in [0.29, 0.717) is 0 Å². The molecule has 0 spiro atoms. The number of rotatable bonds is 8. The van der Waals surface area contributed by atoms with Gasteiger partial charge >= 0.3 is 0 Å². The van der Waals surface area contributed by atoms with Crippen molar-refractivity contribution in [3.05, 3.63) is 60.2 Å². The zero-order chi connectivity index (χ0) is 26.1. The largest absolute Gasteiger partial charge is 1.00 e. The van der Waals surface area contributed by atoms with E-state index in [-0.39, 0.29) is 163 Å². The fourth-order valence-electron chi connectivity index (χ4n) is 3.67. The predicted molar refractivity (Wildman–Crippen MR) is 156 cm³/mol. The molecule has 12 N–H and O–H groups in total. The first kappa shape index (κ1) is 83.2. The third-order valence-electron chi connectivity index (χ3n) is 5.51. The van der Waals surface area contributed by atoms with Crippen molar-refractivity contribution in [1.82, 2.24) is 19.8 Å². The van der Waals surface area contributed by atoms with Crippen LogP contribution in [0.2, 0.25) is 0 Å². The Balaban J connectivity index is -0.0000000398. The van der Waals surface area contributed by atoms with Gasteiger partial charge in [0.1, 0.15) is 0 Å². The molecule has 4 heterocycles. The number of aromatic nitrogens is 2. The Hall–Kier alpha value is 2.13. The Bertz CT molecular complexity index is 770. The van der Waals surface area contributed by atoms with Gasteiger partial charge in [-0.05, 0) is 24.3 Å². The predicted octanol–water partition coefficient (Wildman–Crippen LogP) is -21.1. The second-order valence-electron chi connectivity index (χ2n) is 8.00. The molecule has 0 aliphatic carbocycles. The molecular formula is C24H46Cl8N8O4Zn4-2. The van der Waals surface area contributed by atoms with E-state index in [1.807, 2.05) is 48.8 Å². The number of hydrogen-bond donors (Lipinski definition) is 2. The quantitative estimate of drug-likeness (QED) is 0.151. The molecule has 0 unspecified atom stereocenters. The van der Waals surface area contributed by atoms with Gasteiger partial charge in [-0.15, -0.1) is 0 Å². The standard InChI is InChI=1S/2C12H18N4.2ClHO.6ClH.2H2O.4Zn/c2*1-2-4-15-12(3-1)11-14-7-10-16-8-5-13-6-9-16;2*1-2;;;;;;;;;;;;/h2*1-4,11,13H,5-10H2;2*2H;6*1H;2*1H2;;;;/p-2. The summed E-state index contributed by atoms with van der Waals surface area (Å²) in [7, 11) is 0. The number of piperazine rings is 2. The van der Waals surface area contributed by atoms with Gasteiger partial charge in [-0.2, -0.15) is 0 Å². The number of nitrogens with two attached hydrogens (primary N) is 2. The Morgan fingerprint density at radius 3 is 1.12 bits per heavy atom. The van der Waals surface area contributed by atoms with Crippen LogP contribution >= 0.6 is 23.7 Å². The molecule has 0 aromatic carbocycles. The fraction of sp³-hybridized carbons (Fsp3) is 0.500. The second-order valence-corrected chi connectivity index (χ2v) is 8.00. The minimum atomic E-state index is 0. The molecule has 0 amide bonds. The van der Waals surface area contributed by atoms with Gasteiger partial charge in [-0.3, -0.25) is 29.8 Å². The average Bonchev–Trinajstić information content (AvgIpc) is 2.98. The third kappa shape index (κ3) is 46.2. The molecule has 0 atom stereocenters. The molecule has 12 nitrogen and oxygen atoms in total. The van der Waals surface area contributed by atoms with E-state index < -0.39 is 0 Å². The average molecular weight is 1060 g/mol. The molecule has 2 fully saturated rings. The molecule has 48 heavy (non-hydrogen) atoms. The maximum atomic E-state index is 5.22. The van der Waals surface area contributed by atoms with Crippen molar-refractivity contribution in [1.29, 1.82) is 0 Å². The van der Waals surface area contributed by atoms with E-state index in [1.54, 1.807) is 12.4 Å². The molecule has 2 aliphatic rings. The summed E-state index contributed by atoms with van der Waals surface area (Å²) in [6.07, 6.45) is 7.30. The summed E-state index contributed by atoms with van der Waals surface area (Å²) < 4.78 is 10.4. The van der Waals surface area contributed by atoms with Crippen LogP contribution in [-0.4, -0.2) is 131 Å². The Labute approximate surface area is 383 Å². The van der Waals surface area contributed by atoms with Crippen LogP contribution < -0.4 is 85.1 Å².